The number of primary amides is 1. The van der Waals surface area contributed by atoms with E-state index in [1.807, 2.05) is 0 Å². The number of nitrogens with two attached hydrogens (primary N) is 1. The first-order valence-electron chi connectivity index (χ1n) is 3.86. The second-order valence-corrected chi connectivity index (χ2v) is 2.23. The van der Waals surface area contributed by atoms with Crippen molar-refractivity contribution in [2.45, 2.75) is 19.3 Å². The number of nitrogens with zero attached hydrogens (tertiary/aromatic N) is 3. The fourth-order valence-corrected chi connectivity index (χ4v) is 0.685. The van der Waals surface area contributed by atoms with E-state index in [-0.39, 0.29) is 0 Å². The van der Waals surface area contributed by atoms with E-state index in [2.05, 4.69) is 19.8 Å². The molecule has 0 aromatic heterocycles. The van der Waals surface area contributed by atoms with Gasteiger partial charge in [-0.05, 0) is 24.8 Å². The molecule has 0 bridgehead atoms. The molecule has 7 nitrogen and oxygen atoms in total. The third-order valence-electron chi connectivity index (χ3n) is 1.22. The van der Waals surface area contributed by atoms with E-state index in [0.29, 0.717) is 13.2 Å². The smallest absolute Gasteiger partial charge is 0.404 e. The Kier molecular flexibility index (Phi) is 7.42. The maximum atomic E-state index is 10.1. The van der Waals surface area contributed by atoms with Crippen molar-refractivity contribution in [3.8, 4) is 0 Å². The molecule has 0 saturated heterocycles. The predicted molar refractivity (Wildman–Crippen MR) is 44.5 cm³/mol. The standard InChI is InChI=1S/C6H12N4O3/c7-6(11)12-4-2-1-3-5-13-10-9-8/h1-5H2,(H2,7,11). The Morgan fingerprint density at radius 2 is 2.08 bits per heavy atom. The van der Waals surface area contributed by atoms with Crippen molar-refractivity contribution in [2.24, 2.45) is 11.0 Å². The third kappa shape index (κ3) is 10.4. The molecule has 0 rings (SSSR count). The van der Waals surface area contributed by atoms with Gasteiger partial charge >= 0.3 is 6.09 Å². The number of carbonyl (C=O) groups excluding carboxylic acids is 1. The molecule has 7 heteroatoms. The minimum absolute atomic E-state index is 0.316. The molecule has 0 aliphatic carbocycles. The first kappa shape index (κ1) is 11.4. The van der Waals surface area contributed by atoms with Crippen molar-refractivity contribution < 1.29 is 14.4 Å². The Morgan fingerprint density at radius 3 is 2.69 bits per heavy atom. The monoisotopic (exact) mass is 188 g/mol. The SMILES string of the molecule is [N-]=[N+]=NOCCCCCOC(N)=O. The number of hydrogen-bond acceptors (Lipinski definition) is 4. The highest BCUT2D eigenvalue weighted by Gasteiger charge is 1.93. The second-order valence-electron chi connectivity index (χ2n) is 2.23. The molecule has 0 aliphatic heterocycles. The Labute approximate surface area is 75.4 Å². The topological polar surface area (TPSA) is 110 Å². The maximum Gasteiger partial charge on any atom is 0.404 e. The van der Waals surface area contributed by atoms with Crippen LogP contribution in [0, 0.1) is 0 Å². The Morgan fingerprint density at radius 1 is 1.38 bits per heavy atom. The molecular weight excluding hydrogens is 176 g/mol. The van der Waals surface area contributed by atoms with Crippen LogP contribution in [0.3, 0.4) is 0 Å². The average Bonchev–Trinajstić information content (AvgIpc) is 2.09. The van der Waals surface area contributed by atoms with Crippen LogP contribution >= 0.6 is 0 Å². The number of carbonyl (C=O) groups is 1. The number of rotatable bonds is 7. The van der Waals surface area contributed by atoms with E-state index >= 15 is 0 Å². The summed E-state index contributed by atoms with van der Waals surface area (Å²) in [4.78, 5) is 17.0. The lowest BCUT2D eigenvalue weighted by molar-refractivity contribution is 0.129. The molecule has 0 aromatic carbocycles. The number of unbranched alkanes of at least 4 members (excludes halogenated alkanes) is 2. The van der Waals surface area contributed by atoms with Gasteiger partial charge in [0.1, 0.15) is 5.28 Å². The van der Waals surface area contributed by atoms with E-state index < -0.39 is 6.09 Å². The van der Waals surface area contributed by atoms with Gasteiger partial charge in [-0.15, -0.1) is 0 Å². The van der Waals surface area contributed by atoms with E-state index in [1.54, 1.807) is 0 Å². The van der Waals surface area contributed by atoms with Crippen LogP contribution in [0.5, 0.6) is 0 Å². The summed E-state index contributed by atoms with van der Waals surface area (Å²) in [5.74, 6) is 0. The van der Waals surface area contributed by atoms with Gasteiger partial charge in [-0.1, -0.05) is 0 Å². The predicted octanol–water partition coefficient (Wildman–Crippen LogP) is 1.49. The van der Waals surface area contributed by atoms with E-state index in [9.17, 15) is 4.79 Å². The summed E-state index contributed by atoms with van der Waals surface area (Å²) in [6, 6.07) is 0. The van der Waals surface area contributed by atoms with Crippen LogP contribution in [0.2, 0.25) is 0 Å². The Bertz CT molecular complexity index is 184. The van der Waals surface area contributed by atoms with Crippen molar-refractivity contribution in [1.82, 2.24) is 0 Å². The normalized spacial score (nSPS) is 8.62. The van der Waals surface area contributed by atoms with Crippen LogP contribution in [0.1, 0.15) is 19.3 Å². The molecule has 2 N–H and O–H groups in total. The Hall–Kier alpha value is -1.62. The fourth-order valence-electron chi connectivity index (χ4n) is 0.685. The van der Waals surface area contributed by atoms with Crippen molar-refractivity contribution in [1.29, 1.82) is 0 Å². The quantitative estimate of drug-likeness (QED) is 0.215. The molecular formula is C6H12N4O3. The first-order valence-corrected chi connectivity index (χ1v) is 3.86. The van der Waals surface area contributed by atoms with Gasteiger partial charge in [-0.2, -0.15) is 0 Å². The van der Waals surface area contributed by atoms with E-state index in [0.717, 1.165) is 19.3 Å². The molecule has 0 spiro atoms. The van der Waals surface area contributed by atoms with Gasteiger partial charge in [-0.3, -0.25) is 0 Å². The third-order valence-corrected chi connectivity index (χ3v) is 1.22. The van der Waals surface area contributed by atoms with Crippen LogP contribution in [0.25, 0.3) is 10.4 Å². The molecule has 0 aromatic rings. The van der Waals surface area contributed by atoms with Gasteiger partial charge in [0.25, 0.3) is 0 Å². The lowest BCUT2D eigenvalue weighted by Gasteiger charge is -2.00. The van der Waals surface area contributed by atoms with Gasteiger partial charge in [0.2, 0.25) is 0 Å². The van der Waals surface area contributed by atoms with Gasteiger partial charge < -0.3 is 15.3 Å². The van der Waals surface area contributed by atoms with E-state index in [4.69, 9.17) is 11.3 Å². The lowest BCUT2D eigenvalue weighted by Crippen LogP contribution is -2.13. The van der Waals surface area contributed by atoms with Crippen molar-refractivity contribution >= 4 is 6.09 Å². The maximum absolute atomic E-state index is 10.1. The summed E-state index contributed by atoms with van der Waals surface area (Å²) in [6.45, 7) is 0.692. The highest BCUT2D eigenvalue weighted by molar-refractivity contribution is 5.64. The molecule has 0 radical (unpaired) electrons. The Balaban J connectivity index is 2.99. The zero-order valence-electron chi connectivity index (χ0n) is 7.18. The van der Waals surface area contributed by atoms with Crippen LogP contribution < -0.4 is 5.73 Å². The van der Waals surface area contributed by atoms with Crippen molar-refractivity contribution in [3.63, 3.8) is 0 Å². The zero-order valence-corrected chi connectivity index (χ0v) is 7.18. The van der Waals surface area contributed by atoms with Crippen molar-refractivity contribution in [2.75, 3.05) is 13.2 Å². The summed E-state index contributed by atoms with van der Waals surface area (Å²) in [7, 11) is 0. The van der Waals surface area contributed by atoms with Crippen LogP contribution in [-0.4, -0.2) is 19.3 Å². The molecule has 0 aliphatic rings. The number of azide groups is 1. The van der Waals surface area contributed by atoms with Gasteiger partial charge in [0.15, 0.2) is 0 Å². The molecule has 0 fully saturated rings. The zero-order chi connectivity index (χ0) is 9.94. The average molecular weight is 188 g/mol. The number of ether oxygens (including phenoxy) is 1. The fraction of sp³-hybridized carbons (Fsp3) is 0.833. The summed E-state index contributed by atoms with van der Waals surface area (Å²) >= 11 is 0. The van der Waals surface area contributed by atoms with Gasteiger partial charge in [0.05, 0.1) is 13.2 Å². The molecule has 0 saturated carbocycles. The summed E-state index contributed by atoms with van der Waals surface area (Å²) in [5.41, 5.74) is 12.6. The summed E-state index contributed by atoms with van der Waals surface area (Å²) in [6.07, 6.45) is 1.54. The summed E-state index contributed by atoms with van der Waals surface area (Å²) < 4.78 is 4.49. The number of amides is 1. The molecule has 0 unspecified atom stereocenters. The second kappa shape index (κ2) is 8.48. The number of hydrogen-bond donors (Lipinski definition) is 1. The van der Waals surface area contributed by atoms with Crippen LogP contribution in [0.4, 0.5) is 4.79 Å². The lowest BCUT2D eigenvalue weighted by atomic mass is 10.2. The highest BCUT2D eigenvalue weighted by Crippen LogP contribution is 1.96. The minimum Gasteiger partial charge on any atom is -0.450 e. The highest BCUT2D eigenvalue weighted by atomic mass is 16.6. The summed E-state index contributed by atoms with van der Waals surface area (Å²) in [5, 5.41) is 2.89. The molecule has 74 valence electrons. The van der Waals surface area contributed by atoms with Gasteiger partial charge in [-0.25, -0.2) is 4.79 Å². The first-order chi connectivity index (χ1) is 6.27. The van der Waals surface area contributed by atoms with E-state index in [1.165, 1.54) is 0 Å². The van der Waals surface area contributed by atoms with Crippen molar-refractivity contribution in [3.05, 3.63) is 10.4 Å². The van der Waals surface area contributed by atoms with Gasteiger partial charge in [0, 0.05) is 4.91 Å². The minimum atomic E-state index is -0.759. The molecule has 13 heavy (non-hydrogen) atoms. The molecule has 0 atom stereocenters. The molecule has 1 amide bonds. The molecule has 0 heterocycles. The van der Waals surface area contributed by atoms with Crippen LogP contribution in [0.15, 0.2) is 5.28 Å². The van der Waals surface area contributed by atoms with Crippen LogP contribution in [-0.2, 0) is 9.57 Å². The largest absolute Gasteiger partial charge is 0.450 e.